The van der Waals surface area contributed by atoms with Gasteiger partial charge in [0.25, 0.3) is 0 Å². The molecule has 0 radical (unpaired) electrons. The van der Waals surface area contributed by atoms with Crippen molar-refractivity contribution in [2.24, 2.45) is 0 Å². The Morgan fingerprint density at radius 3 is 2.60 bits per heavy atom. The summed E-state index contributed by atoms with van der Waals surface area (Å²) in [6.07, 6.45) is 0.512. The second-order valence-corrected chi connectivity index (χ2v) is 4.66. The van der Waals surface area contributed by atoms with Gasteiger partial charge in [0.05, 0.1) is 0 Å². The number of benzene rings is 1. The Hall–Kier alpha value is -2.35. The van der Waals surface area contributed by atoms with E-state index in [0.717, 1.165) is 16.9 Å². The highest BCUT2D eigenvalue weighted by Crippen LogP contribution is 2.07. The third-order valence-corrected chi connectivity index (χ3v) is 3.01. The number of carbonyl (C=O) groups is 2. The second-order valence-electron chi connectivity index (χ2n) is 3.83. The Labute approximate surface area is 118 Å². The summed E-state index contributed by atoms with van der Waals surface area (Å²) in [7, 11) is 0. The smallest absolute Gasteiger partial charge is 0.315 e. The van der Waals surface area contributed by atoms with Crippen molar-refractivity contribution in [2.45, 2.75) is 6.42 Å². The third kappa shape index (κ3) is 4.09. The van der Waals surface area contributed by atoms with Crippen molar-refractivity contribution in [2.75, 3.05) is 11.9 Å². The predicted octanol–water partition coefficient (Wildman–Crippen LogP) is 0.975. The number of anilines is 1. The SMILES string of the molecule is O=C(NCCc1ccc(F)cc1)C(=O)Nc1nncs1. The van der Waals surface area contributed by atoms with Crippen LogP contribution >= 0.6 is 11.3 Å². The lowest BCUT2D eigenvalue weighted by molar-refractivity contribution is -0.136. The molecule has 0 bridgehead atoms. The van der Waals surface area contributed by atoms with Crippen LogP contribution in [-0.4, -0.2) is 28.6 Å². The first-order valence-electron chi connectivity index (χ1n) is 5.75. The van der Waals surface area contributed by atoms with Gasteiger partial charge >= 0.3 is 11.8 Å². The minimum Gasteiger partial charge on any atom is -0.347 e. The Kier molecular flexibility index (Phi) is 4.72. The van der Waals surface area contributed by atoms with Crippen LogP contribution < -0.4 is 10.6 Å². The van der Waals surface area contributed by atoms with Gasteiger partial charge in [-0.2, -0.15) is 0 Å². The van der Waals surface area contributed by atoms with Crippen molar-refractivity contribution >= 4 is 28.3 Å². The molecule has 2 aromatic rings. The van der Waals surface area contributed by atoms with Crippen molar-refractivity contribution in [1.29, 1.82) is 0 Å². The van der Waals surface area contributed by atoms with E-state index in [-0.39, 0.29) is 17.5 Å². The van der Waals surface area contributed by atoms with Crippen LogP contribution in [0.4, 0.5) is 9.52 Å². The summed E-state index contributed by atoms with van der Waals surface area (Å²) >= 11 is 1.12. The number of nitrogens with zero attached hydrogens (tertiary/aromatic N) is 2. The molecule has 0 aliphatic carbocycles. The maximum absolute atomic E-state index is 12.7. The summed E-state index contributed by atoms with van der Waals surface area (Å²) in [4.78, 5) is 23.0. The van der Waals surface area contributed by atoms with E-state index in [9.17, 15) is 14.0 Å². The first-order valence-corrected chi connectivity index (χ1v) is 6.63. The normalized spacial score (nSPS) is 10.1. The first kappa shape index (κ1) is 14.1. The zero-order valence-corrected chi connectivity index (χ0v) is 11.1. The number of amides is 2. The molecule has 0 aliphatic heterocycles. The Bertz CT molecular complexity index is 586. The topological polar surface area (TPSA) is 84.0 Å². The fraction of sp³-hybridized carbons (Fsp3) is 0.167. The highest BCUT2D eigenvalue weighted by molar-refractivity contribution is 7.13. The zero-order valence-electron chi connectivity index (χ0n) is 10.3. The van der Waals surface area contributed by atoms with Crippen molar-refractivity contribution in [3.05, 3.63) is 41.2 Å². The molecular weight excluding hydrogens is 283 g/mol. The summed E-state index contributed by atoms with van der Waals surface area (Å²) in [5.41, 5.74) is 2.32. The number of aromatic nitrogens is 2. The number of hydrogen-bond donors (Lipinski definition) is 2. The lowest BCUT2D eigenvalue weighted by Gasteiger charge is -2.04. The number of halogens is 1. The summed E-state index contributed by atoms with van der Waals surface area (Å²) in [6, 6.07) is 5.95. The van der Waals surface area contributed by atoms with E-state index in [4.69, 9.17) is 0 Å². The minimum absolute atomic E-state index is 0.267. The van der Waals surface area contributed by atoms with Crippen molar-refractivity contribution < 1.29 is 14.0 Å². The Morgan fingerprint density at radius 1 is 1.20 bits per heavy atom. The van der Waals surface area contributed by atoms with E-state index in [1.165, 1.54) is 17.6 Å². The van der Waals surface area contributed by atoms with Gasteiger partial charge in [0, 0.05) is 6.54 Å². The molecule has 0 fully saturated rings. The second kappa shape index (κ2) is 6.71. The van der Waals surface area contributed by atoms with E-state index in [0.29, 0.717) is 6.42 Å². The van der Waals surface area contributed by atoms with Crippen molar-refractivity contribution in [3.63, 3.8) is 0 Å². The zero-order chi connectivity index (χ0) is 14.4. The Balaban J connectivity index is 1.74. The largest absolute Gasteiger partial charge is 0.347 e. The molecule has 1 aromatic carbocycles. The van der Waals surface area contributed by atoms with Crippen LogP contribution in [0.25, 0.3) is 0 Å². The average molecular weight is 294 g/mol. The Morgan fingerprint density at radius 2 is 1.95 bits per heavy atom. The van der Waals surface area contributed by atoms with Crippen LogP contribution in [0, 0.1) is 5.82 Å². The molecule has 2 N–H and O–H groups in total. The van der Waals surface area contributed by atoms with Crippen LogP contribution in [0.1, 0.15) is 5.56 Å². The van der Waals surface area contributed by atoms with E-state index in [1.54, 1.807) is 12.1 Å². The molecule has 104 valence electrons. The van der Waals surface area contributed by atoms with Crippen LogP contribution in [0.3, 0.4) is 0 Å². The van der Waals surface area contributed by atoms with Crippen LogP contribution in [0.2, 0.25) is 0 Å². The van der Waals surface area contributed by atoms with Crippen LogP contribution in [-0.2, 0) is 16.0 Å². The molecule has 20 heavy (non-hydrogen) atoms. The molecule has 0 unspecified atom stereocenters. The molecular formula is C12H11FN4O2S. The summed E-state index contributed by atoms with van der Waals surface area (Å²) in [5.74, 6) is -1.85. The molecule has 0 saturated heterocycles. The molecule has 2 rings (SSSR count). The summed E-state index contributed by atoms with van der Waals surface area (Å²) in [6.45, 7) is 0.286. The summed E-state index contributed by atoms with van der Waals surface area (Å²) < 4.78 is 12.7. The standard InChI is InChI=1S/C12H11FN4O2S/c13-9-3-1-8(2-4-9)5-6-14-10(18)11(19)16-12-17-15-7-20-12/h1-4,7H,5-6H2,(H,14,18)(H,16,17,19). The predicted molar refractivity (Wildman–Crippen MR) is 71.7 cm³/mol. The van der Waals surface area contributed by atoms with E-state index < -0.39 is 11.8 Å². The quantitative estimate of drug-likeness (QED) is 0.823. The lowest BCUT2D eigenvalue weighted by atomic mass is 10.1. The van der Waals surface area contributed by atoms with Crippen LogP contribution in [0.15, 0.2) is 29.8 Å². The molecule has 0 saturated carbocycles. The first-order chi connectivity index (χ1) is 9.65. The van der Waals surface area contributed by atoms with Gasteiger partial charge in [0.2, 0.25) is 5.13 Å². The lowest BCUT2D eigenvalue weighted by Crippen LogP contribution is -2.36. The molecule has 6 nitrogen and oxygen atoms in total. The minimum atomic E-state index is -0.791. The van der Waals surface area contributed by atoms with Gasteiger partial charge < -0.3 is 5.32 Å². The molecule has 1 heterocycles. The van der Waals surface area contributed by atoms with E-state index in [1.807, 2.05) is 0 Å². The van der Waals surface area contributed by atoms with Gasteiger partial charge in [0.1, 0.15) is 11.3 Å². The van der Waals surface area contributed by atoms with Crippen LogP contribution in [0.5, 0.6) is 0 Å². The van der Waals surface area contributed by atoms with E-state index in [2.05, 4.69) is 20.8 Å². The van der Waals surface area contributed by atoms with Gasteiger partial charge in [-0.1, -0.05) is 23.5 Å². The molecule has 0 atom stereocenters. The molecule has 1 aromatic heterocycles. The maximum Gasteiger partial charge on any atom is 0.315 e. The number of carbonyl (C=O) groups excluding carboxylic acids is 2. The third-order valence-electron chi connectivity index (χ3n) is 2.40. The maximum atomic E-state index is 12.7. The van der Waals surface area contributed by atoms with Crippen molar-refractivity contribution in [3.8, 4) is 0 Å². The average Bonchev–Trinajstić information content (AvgIpc) is 2.93. The number of rotatable bonds is 4. The molecule has 8 heteroatoms. The van der Waals surface area contributed by atoms with Gasteiger partial charge in [0.15, 0.2) is 0 Å². The summed E-state index contributed by atoms with van der Waals surface area (Å²) in [5, 5.41) is 12.2. The van der Waals surface area contributed by atoms with Gasteiger partial charge in [-0.3, -0.25) is 14.9 Å². The fourth-order valence-electron chi connectivity index (χ4n) is 1.43. The molecule has 0 aliphatic rings. The molecule has 0 spiro atoms. The van der Waals surface area contributed by atoms with Gasteiger partial charge in [-0.05, 0) is 24.1 Å². The van der Waals surface area contributed by atoms with Crippen molar-refractivity contribution in [1.82, 2.24) is 15.5 Å². The highest BCUT2D eigenvalue weighted by atomic mass is 32.1. The van der Waals surface area contributed by atoms with Gasteiger partial charge in [-0.15, -0.1) is 10.2 Å². The number of nitrogens with one attached hydrogen (secondary N) is 2. The monoisotopic (exact) mass is 294 g/mol. The highest BCUT2D eigenvalue weighted by Gasteiger charge is 2.14. The molecule has 2 amide bonds. The van der Waals surface area contributed by atoms with E-state index >= 15 is 0 Å². The fourth-order valence-corrected chi connectivity index (χ4v) is 1.87. The van der Waals surface area contributed by atoms with Gasteiger partial charge in [-0.25, -0.2) is 4.39 Å². The number of hydrogen-bond acceptors (Lipinski definition) is 5.